The summed E-state index contributed by atoms with van der Waals surface area (Å²) in [6, 6.07) is 14.3. The fourth-order valence-corrected chi connectivity index (χ4v) is 2.68. The normalized spacial score (nSPS) is 11.8. The molecule has 1 N–H and O–H groups in total. The minimum absolute atomic E-state index is 0.0815. The van der Waals surface area contributed by atoms with Crippen LogP contribution in [0.5, 0.6) is 5.75 Å². The number of anilines is 1. The van der Waals surface area contributed by atoms with Crippen LogP contribution in [0.4, 0.5) is 5.69 Å². The zero-order valence-electron chi connectivity index (χ0n) is 15.4. The molecule has 6 nitrogen and oxygen atoms in total. The highest BCUT2D eigenvalue weighted by molar-refractivity contribution is 5.99. The molecule has 2 aromatic carbocycles. The van der Waals surface area contributed by atoms with Crippen LogP contribution in [0, 0.1) is 6.92 Å². The Kier molecular flexibility index (Phi) is 5.45. The molecule has 0 aliphatic heterocycles. The monoisotopic (exact) mass is 367 g/mol. The summed E-state index contributed by atoms with van der Waals surface area (Å²) in [6.45, 7) is 5.73. The number of aryl methyl sites for hydroxylation is 1. The van der Waals surface area contributed by atoms with E-state index in [2.05, 4.69) is 5.32 Å². The quantitative estimate of drug-likeness (QED) is 0.656. The average molecular weight is 367 g/mol. The number of hydrogen-bond acceptors (Lipinski definition) is 5. The molecule has 0 unspecified atom stereocenters. The zero-order valence-corrected chi connectivity index (χ0v) is 15.4. The lowest BCUT2D eigenvalue weighted by Crippen LogP contribution is -2.30. The summed E-state index contributed by atoms with van der Waals surface area (Å²) in [6.07, 6.45) is -0.968. The fraction of sp³-hybridized carbons (Fsp3) is 0.238. The topological polar surface area (TPSA) is 77.8 Å². The van der Waals surface area contributed by atoms with E-state index in [-0.39, 0.29) is 5.76 Å². The highest BCUT2D eigenvalue weighted by Crippen LogP contribution is 2.29. The summed E-state index contributed by atoms with van der Waals surface area (Å²) < 4.78 is 16.4. The first kappa shape index (κ1) is 18.5. The molecule has 0 spiro atoms. The highest BCUT2D eigenvalue weighted by atomic mass is 16.6. The van der Waals surface area contributed by atoms with Crippen molar-refractivity contribution in [2.24, 2.45) is 0 Å². The molecular formula is C21H21NO5. The zero-order chi connectivity index (χ0) is 19.4. The van der Waals surface area contributed by atoms with E-state index >= 15 is 0 Å². The van der Waals surface area contributed by atoms with Crippen LogP contribution in [0.3, 0.4) is 0 Å². The van der Waals surface area contributed by atoms with Gasteiger partial charge in [0, 0.05) is 16.6 Å². The third-order valence-corrected chi connectivity index (χ3v) is 4.10. The third-order valence-electron chi connectivity index (χ3n) is 4.10. The van der Waals surface area contributed by atoms with Gasteiger partial charge in [-0.3, -0.25) is 4.79 Å². The second-order valence-electron chi connectivity index (χ2n) is 6.05. The number of furan rings is 1. The van der Waals surface area contributed by atoms with Gasteiger partial charge in [0.2, 0.25) is 5.76 Å². The molecule has 1 atom stereocenters. The minimum Gasteiger partial charge on any atom is -0.494 e. The summed E-state index contributed by atoms with van der Waals surface area (Å²) >= 11 is 0. The standard InChI is InChI=1S/C21H21NO5/c1-4-25-16-10-11-18-17(12-16)13(2)19(27-18)21(24)26-14(3)20(23)22-15-8-6-5-7-9-15/h5-12,14H,4H2,1-3H3,(H,22,23)/t14-/m0/s1. The molecule has 1 aromatic heterocycles. The van der Waals surface area contributed by atoms with Crippen LogP contribution in [0.15, 0.2) is 52.9 Å². The smallest absolute Gasteiger partial charge is 0.375 e. The van der Waals surface area contributed by atoms with Gasteiger partial charge in [0.15, 0.2) is 6.10 Å². The van der Waals surface area contributed by atoms with E-state index in [1.54, 1.807) is 43.3 Å². The van der Waals surface area contributed by atoms with Crippen LogP contribution in [0.2, 0.25) is 0 Å². The van der Waals surface area contributed by atoms with Crippen LogP contribution in [-0.2, 0) is 9.53 Å². The van der Waals surface area contributed by atoms with Gasteiger partial charge in [0.1, 0.15) is 11.3 Å². The molecule has 3 rings (SSSR count). The van der Waals surface area contributed by atoms with Gasteiger partial charge in [0.25, 0.3) is 5.91 Å². The minimum atomic E-state index is -0.968. The first-order chi connectivity index (χ1) is 13.0. The van der Waals surface area contributed by atoms with Gasteiger partial charge in [-0.05, 0) is 51.1 Å². The number of esters is 1. The fourth-order valence-electron chi connectivity index (χ4n) is 2.68. The number of hydrogen-bond donors (Lipinski definition) is 1. The number of fused-ring (bicyclic) bond motifs is 1. The molecule has 6 heteroatoms. The van der Waals surface area contributed by atoms with E-state index in [0.29, 0.717) is 29.2 Å². The molecule has 1 heterocycles. The molecule has 0 bridgehead atoms. The molecule has 0 fully saturated rings. The van der Waals surface area contributed by atoms with Crippen LogP contribution in [0.25, 0.3) is 11.0 Å². The summed E-state index contributed by atoms with van der Waals surface area (Å²) in [5.41, 5.74) is 1.84. The van der Waals surface area contributed by atoms with Gasteiger partial charge >= 0.3 is 5.97 Å². The number of carbonyl (C=O) groups excluding carboxylic acids is 2. The van der Waals surface area contributed by atoms with Crippen molar-refractivity contribution in [2.45, 2.75) is 26.9 Å². The number of carbonyl (C=O) groups is 2. The van der Waals surface area contributed by atoms with Crippen LogP contribution in [-0.4, -0.2) is 24.6 Å². The molecule has 140 valence electrons. The maximum absolute atomic E-state index is 12.5. The van der Waals surface area contributed by atoms with Gasteiger partial charge in [-0.2, -0.15) is 0 Å². The van der Waals surface area contributed by atoms with E-state index in [1.165, 1.54) is 6.92 Å². The van der Waals surface area contributed by atoms with Gasteiger partial charge in [0.05, 0.1) is 6.61 Å². The Morgan fingerprint density at radius 3 is 2.59 bits per heavy atom. The van der Waals surface area contributed by atoms with Crippen molar-refractivity contribution < 1.29 is 23.5 Å². The molecule has 3 aromatic rings. The van der Waals surface area contributed by atoms with Crippen molar-refractivity contribution in [3.63, 3.8) is 0 Å². The average Bonchev–Trinajstić information content (AvgIpc) is 2.99. The highest BCUT2D eigenvalue weighted by Gasteiger charge is 2.24. The molecule has 0 aliphatic carbocycles. The Balaban J connectivity index is 1.73. The summed E-state index contributed by atoms with van der Waals surface area (Å²) in [7, 11) is 0. The van der Waals surface area contributed by atoms with Crippen molar-refractivity contribution in [1.82, 2.24) is 0 Å². The second kappa shape index (κ2) is 7.95. The van der Waals surface area contributed by atoms with E-state index in [0.717, 1.165) is 5.39 Å². The lowest BCUT2D eigenvalue weighted by atomic mass is 10.1. The Bertz CT molecular complexity index is 961. The van der Waals surface area contributed by atoms with Crippen molar-refractivity contribution >= 4 is 28.5 Å². The number of ether oxygens (including phenoxy) is 2. The second-order valence-corrected chi connectivity index (χ2v) is 6.05. The van der Waals surface area contributed by atoms with E-state index in [9.17, 15) is 9.59 Å². The van der Waals surface area contributed by atoms with E-state index in [1.807, 2.05) is 19.1 Å². The van der Waals surface area contributed by atoms with Crippen LogP contribution < -0.4 is 10.1 Å². The Hall–Kier alpha value is -3.28. The first-order valence-corrected chi connectivity index (χ1v) is 8.72. The third kappa shape index (κ3) is 4.11. The number of amides is 1. The maximum atomic E-state index is 12.5. The van der Waals surface area contributed by atoms with Crippen molar-refractivity contribution in [3.8, 4) is 5.75 Å². The van der Waals surface area contributed by atoms with Gasteiger partial charge in [-0.25, -0.2) is 4.79 Å². The predicted octanol–water partition coefficient (Wildman–Crippen LogP) is 4.32. The van der Waals surface area contributed by atoms with Crippen molar-refractivity contribution in [3.05, 3.63) is 59.9 Å². The molecule has 1 amide bonds. The molecule has 27 heavy (non-hydrogen) atoms. The molecule has 0 saturated carbocycles. The Morgan fingerprint density at radius 2 is 1.89 bits per heavy atom. The van der Waals surface area contributed by atoms with Gasteiger partial charge < -0.3 is 19.2 Å². The van der Waals surface area contributed by atoms with E-state index < -0.39 is 18.0 Å². The summed E-state index contributed by atoms with van der Waals surface area (Å²) in [4.78, 5) is 24.7. The Morgan fingerprint density at radius 1 is 1.15 bits per heavy atom. The molecule has 0 saturated heterocycles. The number of nitrogens with one attached hydrogen (secondary N) is 1. The molecular weight excluding hydrogens is 346 g/mol. The number of para-hydroxylation sites is 1. The van der Waals surface area contributed by atoms with Gasteiger partial charge in [-0.1, -0.05) is 18.2 Å². The summed E-state index contributed by atoms with van der Waals surface area (Å²) in [5, 5.41) is 3.47. The van der Waals surface area contributed by atoms with Crippen LogP contribution >= 0.6 is 0 Å². The SMILES string of the molecule is CCOc1ccc2oc(C(=O)O[C@@H](C)C(=O)Nc3ccccc3)c(C)c2c1. The van der Waals surface area contributed by atoms with Gasteiger partial charge in [-0.15, -0.1) is 0 Å². The van der Waals surface area contributed by atoms with Crippen molar-refractivity contribution in [2.75, 3.05) is 11.9 Å². The number of rotatable bonds is 6. The molecule has 0 radical (unpaired) electrons. The molecule has 0 aliphatic rings. The van der Waals surface area contributed by atoms with Crippen molar-refractivity contribution in [1.29, 1.82) is 0 Å². The lowest BCUT2D eigenvalue weighted by molar-refractivity contribution is -0.123. The maximum Gasteiger partial charge on any atom is 0.375 e. The van der Waals surface area contributed by atoms with E-state index in [4.69, 9.17) is 13.9 Å². The van der Waals surface area contributed by atoms with Crippen LogP contribution in [0.1, 0.15) is 30.0 Å². The first-order valence-electron chi connectivity index (χ1n) is 8.72. The summed E-state index contributed by atoms with van der Waals surface area (Å²) in [5.74, 6) is -0.318. The number of benzene rings is 2. The lowest BCUT2D eigenvalue weighted by Gasteiger charge is -2.12. The Labute approximate surface area is 157 Å². The largest absolute Gasteiger partial charge is 0.494 e. The predicted molar refractivity (Wildman–Crippen MR) is 102 cm³/mol.